The van der Waals surface area contributed by atoms with Crippen LogP contribution >= 0.6 is 23.2 Å². The van der Waals surface area contributed by atoms with Crippen molar-refractivity contribution >= 4 is 34.8 Å². The molecular weight excluding hydrogens is 377 g/mol. The third-order valence-corrected chi connectivity index (χ3v) is 4.47. The molecule has 0 bridgehead atoms. The molecule has 0 spiro atoms. The highest BCUT2D eigenvalue weighted by Crippen LogP contribution is 2.28. The second-order valence-corrected chi connectivity index (χ2v) is 6.22. The fourth-order valence-corrected chi connectivity index (χ4v) is 3.18. The Morgan fingerprint density at radius 2 is 1.96 bits per heavy atom. The van der Waals surface area contributed by atoms with E-state index in [9.17, 15) is 4.79 Å². The zero-order valence-corrected chi connectivity index (χ0v) is 15.8. The van der Waals surface area contributed by atoms with Gasteiger partial charge in [-0.05, 0) is 26.0 Å². The molecule has 0 atom stereocenters. The van der Waals surface area contributed by atoms with Gasteiger partial charge in [-0.1, -0.05) is 41.4 Å². The van der Waals surface area contributed by atoms with E-state index in [1.165, 1.54) is 4.52 Å². The van der Waals surface area contributed by atoms with Gasteiger partial charge in [-0.15, -0.1) is 0 Å². The number of rotatable bonds is 6. The first kappa shape index (κ1) is 18.5. The van der Waals surface area contributed by atoms with Crippen molar-refractivity contribution in [2.24, 2.45) is 0 Å². The number of hydrogen-bond donors (Lipinski definition) is 0. The summed E-state index contributed by atoms with van der Waals surface area (Å²) in [5.74, 6) is 0.258. The zero-order valence-electron chi connectivity index (χ0n) is 14.3. The molecule has 0 aliphatic rings. The highest BCUT2D eigenvalue weighted by molar-refractivity contribution is 6.35. The molecule has 0 saturated heterocycles. The average molecular weight is 394 g/mol. The lowest BCUT2D eigenvalue weighted by Crippen LogP contribution is -2.09. The molecule has 2 heterocycles. The predicted molar refractivity (Wildman–Crippen MR) is 99.3 cm³/mol. The number of hydrogen-bond acceptors (Lipinski definition) is 5. The molecule has 0 N–H and O–H groups in total. The smallest absolute Gasteiger partial charge is 0.343 e. The van der Waals surface area contributed by atoms with E-state index in [4.69, 9.17) is 32.7 Å². The summed E-state index contributed by atoms with van der Waals surface area (Å²) in [6.45, 7) is 4.06. The van der Waals surface area contributed by atoms with E-state index in [0.29, 0.717) is 29.4 Å². The third kappa shape index (κ3) is 3.61. The molecule has 0 radical (unpaired) electrons. The summed E-state index contributed by atoms with van der Waals surface area (Å²) < 4.78 is 12.2. The van der Waals surface area contributed by atoms with Crippen molar-refractivity contribution in [3.8, 4) is 5.75 Å². The van der Waals surface area contributed by atoms with Crippen LogP contribution in [0.25, 0.3) is 5.65 Å². The summed E-state index contributed by atoms with van der Waals surface area (Å²) in [6, 6.07) is 9.44. The minimum absolute atomic E-state index is 0.213. The fraction of sp³-hybridized carbons (Fsp3) is 0.278. The van der Waals surface area contributed by atoms with Gasteiger partial charge in [0, 0.05) is 12.0 Å². The molecule has 26 heavy (non-hydrogen) atoms. The van der Waals surface area contributed by atoms with E-state index in [1.54, 1.807) is 13.8 Å². The highest BCUT2D eigenvalue weighted by atomic mass is 35.5. The molecule has 3 rings (SSSR count). The van der Waals surface area contributed by atoms with E-state index in [1.807, 2.05) is 30.3 Å². The van der Waals surface area contributed by atoms with Gasteiger partial charge in [-0.3, -0.25) is 0 Å². The van der Waals surface area contributed by atoms with Crippen LogP contribution in [0.4, 0.5) is 0 Å². The molecule has 3 aromatic rings. The Kier molecular flexibility index (Phi) is 5.64. The Balaban J connectivity index is 1.89. The third-order valence-electron chi connectivity index (χ3n) is 3.77. The first-order valence-electron chi connectivity index (χ1n) is 8.11. The topological polar surface area (TPSA) is 65.7 Å². The van der Waals surface area contributed by atoms with Crippen molar-refractivity contribution in [1.29, 1.82) is 0 Å². The molecule has 0 saturated carbocycles. The number of ether oxygens (including phenoxy) is 2. The van der Waals surface area contributed by atoms with Crippen molar-refractivity contribution in [1.82, 2.24) is 14.6 Å². The van der Waals surface area contributed by atoms with Crippen LogP contribution in [0.15, 0.2) is 30.3 Å². The van der Waals surface area contributed by atoms with Gasteiger partial charge in [-0.2, -0.15) is 5.10 Å². The fourth-order valence-electron chi connectivity index (χ4n) is 2.56. The Hall–Kier alpha value is -2.31. The van der Waals surface area contributed by atoms with Crippen LogP contribution in [0.5, 0.6) is 5.75 Å². The van der Waals surface area contributed by atoms with Gasteiger partial charge in [-0.25, -0.2) is 14.3 Å². The lowest BCUT2D eigenvalue weighted by molar-refractivity contribution is 0.0527. The van der Waals surface area contributed by atoms with Crippen molar-refractivity contribution in [3.63, 3.8) is 0 Å². The average Bonchev–Trinajstić information content (AvgIpc) is 2.95. The molecule has 0 unspecified atom stereocenters. The number of fused-ring (bicyclic) bond motifs is 1. The Morgan fingerprint density at radius 1 is 1.23 bits per heavy atom. The van der Waals surface area contributed by atoms with Gasteiger partial charge in [0.25, 0.3) is 0 Å². The molecule has 2 aromatic heterocycles. The predicted octanol–water partition coefficient (Wildman–Crippen LogP) is 4.14. The van der Waals surface area contributed by atoms with Gasteiger partial charge >= 0.3 is 5.97 Å². The zero-order chi connectivity index (χ0) is 18.7. The van der Waals surface area contributed by atoms with Crippen LogP contribution in [0.1, 0.15) is 28.5 Å². The maximum atomic E-state index is 12.2. The molecule has 0 aliphatic heterocycles. The monoisotopic (exact) mass is 393 g/mol. The summed E-state index contributed by atoms with van der Waals surface area (Å²) >= 11 is 12.8. The van der Waals surface area contributed by atoms with Crippen LogP contribution in [0.3, 0.4) is 0 Å². The van der Waals surface area contributed by atoms with Crippen LogP contribution in [-0.2, 0) is 11.2 Å². The van der Waals surface area contributed by atoms with E-state index in [-0.39, 0.29) is 23.0 Å². The molecular formula is C18H17Cl2N3O3. The largest absolute Gasteiger partial charge is 0.493 e. The summed E-state index contributed by atoms with van der Waals surface area (Å²) in [7, 11) is 0. The number of carbonyl (C=O) groups is 1. The Bertz CT molecular complexity index is 942. The summed E-state index contributed by atoms with van der Waals surface area (Å²) in [6.07, 6.45) is 0.448. The minimum Gasteiger partial charge on any atom is -0.493 e. The molecule has 136 valence electrons. The lowest BCUT2D eigenvalue weighted by atomic mass is 10.2. The van der Waals surface area contributed by atoms with Crippen LogP contribution in [-0.4, -0.2) is 33.8 Å². The van der Waals surface area contributed by atoms with Crippen molar-refractivity contribution in [2.75, 3.05) is 13.2 Å². The summed E-state index contributed by atoms with van der Waals surface area (Å²) in [4.78, 5) is 16.5. The Labute approximate surface area is 160 Å². The highest BCUT2D eigenvalue weighted by Gasteiger charge is 2.23. The molecule has 6 nitrogen and oxygen atoms in total. The number of carbonyl (C=O) groups excluding carboxylic acids is 1. The van der Waals surface area contributed by atoms with Crippen molar-refractivity contribution in [3.05, 3.63) is 57.5 Å². The van der Waals surface area contributed by atoms with Gasteiger partial charge in [0.1, 0.15) is 21.6 Å². The molecule has 0 amide bonds. The van der Waals surface area contributed by atoms with Crippen LogP contribution in [0, 0.1) is 6.92 Å². The van der Waals surface area contributed by atoms with Gasteiger partial charge in [0.2, 0.25) is 0 Å². The maximum absolute atomic E-state index is 12.2. The number of aromatic nitrogens is 3. The van der Waals surface area contributed by atoms with Gasteiger partial charge in [0.05, 0.1) is 18.9 Å². The lowest BCUT2D eigenvalue weighted by Gasteiger charge is -2.10. The number of esters is 1. The maximum Gasteiger partial charge on any atom is 0.343 e. The van der Waals surface area contributed by atoms with Crippen molar-refractivity contribution in [2.45, 2.75) is 20.3 Å². The van der Waals surface area contributed by atoms with E-state index < -0.39 is 5.97 Å². The standard InChI is InChI=1S/C18H17Cl2N3O3/c1-3-25-18(24)14-11(2)22-23-16(20)13(15(19)21-17(14)23)9-10-26-12-7-5-4-6-8-12/h4-8H,3,9-10H2,1-2H3. The van der Waals surface area contributed by atoms with Crippen LogP contribution < -0.4 is 4.74 Å². The first-order chi connectivity index (χ1) is 12.5. The molecule has 0 fully saturated rings. The van der Waals surface area contributed by atoms with Crippen LogP contribution in [0.2, 0.25) is 10.3 Å². The van der Waals surface area contributed by atoms with Crippen molar-refractivity contribution < 1.29 is 14.3 Å². The molecule has 1 aromatic carbocycles. The number of aryl methyl sites for hydroxylation is 1. The number of nitrogens with zero attached hydrogens (tertiary/aromatic N) is 3. The normalized spacial score (nSPS) is 10.9. The number of halogens is 2. The quantitative estimate of drug-likeness (QED) is 0.464. The number of para-hydroxylation sites is 1. The SMILES string of the molecule is CCOC(=O)c1c(C)nn2c(Cl)c(CCOc3ccccc3)c(Cl)nc12. The molecule has 8 heteroatoms. The van der Waals surface area contributed by atoms with Gasteiger partial charge in [0.15, 0.2) is 5.65 Å². The van der Waals surface area contributed by atoms with Gasteiger partial charge < -0.3 is 9.47 Å². The van der Waals surface area contributed by atoms with E-state index >= 15 is 0 Å². The first-order valence-corrected chi connectivity index (χ1v) is 8.86. The minimum atomic E-state index is -0.500. The van der Waals surface area contributed by atoms with E-state index in [0.717, 1.165) is 5.75 Å². The summed E-state index contributed by atoms with van der Waals surface area (Å²) in [5.41, 5.74) is 1.63. The second kappa shape index (κ2) is 7.93. The summed E-state index contributed by atoms with van der Waals surface area (Å²) in [5, 5.41) is 4.82. The molecule has 0 aliphatic carbocycles. The van der Waals surface area contributed by atoms with E-state index in [2.05, 4.69) is 10.1 Å². The second-order valence-electron chi connectivity index (χ2n) is 5.50. The number of benzene rings is 1. The Morgan fingerprint density at radius 3 is 2.65 bits per heavy atom.